The van der Waals surface area contributed by atoms with Crippen LogP contribution in [-0.4, -0.2) is 47.4 Å². The zero-order valence-electron chi connectivity index (χ0n) is 18.2. The van der Waals surface area contributed by atoms with Crippen molar-refractivity contribution in [1.82, 2.24) is 14.8 Å². The summed E-state index contributed by atoms with van der Waals surface area (Å²) in [4.78, 5) is 40.0. The number of carbonyl (C=O) groups is 3. The normalized spacial score (nSPS) is 19.8. The summed E-state index contributed by atoms with van der Waals surface area (Å²) in [5, 5.41) is 2.82. The van der Waals surface area contributed by atoms with Crippen molar-refractivity contribution in [3.05, 3.63) is 58.9 Å². The zero-order chi connectivity index (χ0) is 22.1. The van der Waals surface area contributed by atoms with Crippen LogP contribution in [0.5, 0.6) is 0 Å². The molecule has 7 heteroatoms. The lowest BCUT2D eigenvalue weighted by atomic mass is 9.87. The first kappa shape index (κ1) is 21.8. The fraction of sp³-hybridized carbons (Fsp3) is 0.435. The first-order chi connectivity index (χ1) is 14.3. The number of nitrogens with one attached hydrogen (secondary N) is 1. The first-order valence-electron chi connectivity index (χ1n) is 10.2. The van der Waals surface area contributed by atoms with Gasteiger partial charge in [-0.25, -0.2) is 4.79 Å². The van der Waals surface area contributed by atoms with Gasteiger partial charge in [-0.15, -0.1) is 0 Å². The molecule has 2 heterocycles. The summed E-state index contributed by atoms with van der Waals surface area (Å²) in [6.07, 6.45) is 0.398. The third kappa shape index (κ3) is 3.54. The summed E-state index contributed by atoms with van der Waals surface area (Å²) >= 11 is 0. The minimum absolute atomic E-state index is 0.0686. The van der Waals surface area contributed by atoms with Gasteiger partial charge in [0.25, 0.3) is 5.91 Å². The van der Waals surface area contributed by atoms with Crippen LogP contribution in [0.2, 0.25) is 0 Å². The molecule has 1 aliphatic heterocycles. The Morgan fingerprint density at radius 1 is 1.20 bits per heavy atom. The van der Waals surface area contributed by atoms with Crippen molar-refractivity contribution in [2.24, 2.45) is 0 Å². The molecule has 0 spiro atoms. The van der Waals surface area contributed by atoms with Crippen molar-refractivity contribution in [1.29, 1.82) is 0 Å². The van der Waals surface area contributed by atoms with Gasteiger partial charge in [-0.05, 0) is 38.8 Å². The average molecular weight is 412 g/mol. The molecule has 160 valence electrons. The summed E-state index contributed by atoms with van der Waals surface area (Å²) in [7, 11) is 1.64. The predicted molar refractivity (Wildman–Crippen MR) is 113 cm³/mol. The van der Waals surface area contributed by atoms with Crippen molar-refractivity contribution in [2.45, 2.75) is 45.7 Å². The zero-order valence-corrected chi connectivity index (χ0v) is 18.2. The molecule has 2 aromatic rings. The van der Waals surface area contributed by atoms with Crippen LogP contribution in [0, 0.1) is 13.8 Å². The van der Waals surface area contributed by atoms with Crippen LogP contribution in [0.3, 0.4) is 0 Å². The Morgan fingerprint density at radius 2 is 1.87 bits per heavy atom. The van der Waals surface area contributed by atoms with Crippen LogP contribution in [0.4, 0.5) is 4.79 Å². The van der Waals surface area contributed by atoms with Crippen LogP contribution in [0.25, 0.3) is 0 Å². The Hall–Kier alpha value is -2.93. The molecule has 1 N–H and O–H groups in total. The van der Waals surface area contributed by atoms with E-state index in [-0.39, 0.29) is 18.4 Å². The highest BCUT2D eigenvalue weighted by atomic mass is 16.5. The lowest BCUT2D eigenvalue weighted by Crippen LogP contribution is -2.43. The Morgan fingerprint density at radius 3 is 2.47 bits per heavy atom. The van der Waals surface area contributed by atoms with Gasteiger partial charge < -0.3 is 14.6 Å². The number of carbonyl (C=O) groups excluding carboxylic acids is 3. The number of hydrogen-bond donors (Lipinski definition) is 1. The number of Topliss-reactive ketones (excluding diaryl/α,β-unsaturated/α-hetero) is 1. The molecule has 7 nitrogen and oxygen atoms in total. The van der Waals surface area contributed by atoms with Gasteiger partial charge in [0, 0.05) is 24.1 Å². The number of amides is 3. The van der Waals surface area contributed by atoms with Crippen molar-refractivity contribution >= 4 is 17.7 Å². The van der Waals surface area contributed by atoms with E-state index in [1.165, 1.54) is 0 Å². The second-order valence-electron chi connectivity index (χ2n) is 7.83. The van der Waals surface area contributed by atoms with Crippen LogP contribution in [0.15, 0.2) is 36.4 Å². The maximum atomic E-state index is 13.3. The van der Waals surface area contributed by atoms with Gasteiger partial charge >= 0.3 is 6.03 Å². The Labute approximate surface area is 177 Å². The van der Waals surface area contributed by atoms with Crippen LogP contribution in [-0.2, 0) is 15.1 Å². The van der Waals surface area contributed by atoms with E-state index in [0.29, 0.717) is 24.2 Å². The molecular formula is C23H29N3O4. The standard InChI is InChI=1S/C23H29N3O4/c1-6-23(18-10-8-7-9-11-18)21(28)25(22(29)24-23)13-20(27)19-12-15(2)26(17(19)4)16(3)14-30-5/h7-12,16H,6,13-14H2,1-5H3,(H,24,29)/t16-,23+/m1/s1. The number of imide groups is 1. The second-order valence-corrected chi connectivity index (χ2v) is 7.83. The number of methoxy groups -OCH3 is 1. The van der Waals surface area contributed by atoms with Gasteiger partial charge in [-0.3, -0.25) is 14.5 Å². The molecule has 0 unspecified atom stereocenters. The van der Waals surface area contributed by atoms with E-state index < -0.39 is 17.5 Å². The monoisotopic (exact) mass is 411 g/mol. The van der Waals surface area contributed by atoms with E-state index in [2.05, 4.69) is 5.32 Å². The summed E-state index contributed by atoms with van der Waals surface area (Å²) in [6, 6.07) is 10.5. The maximum absolute atomic E-state index is 13.3. The van der Waals surface area contributed by atoms with Crippen LogP contribution >= 0.6 is 0 Å². The number of rotatable bonds is 8. The van der Waals surface area contributed by atoms with Crippen molar-refractivity contribution in [2.75, 3.05) is 20.3 Å². The Bertz CT molecular complexity index is 966. The van der Waals surface area contributed by atoms with Gasteiger partial charge in [0.05, 0.1) is 19.2 Å². The van der Waals surface area contributed by atoms with E-state index >= 15 is 0 Å². The first-order valence-corrected chi connectivity index (χ1v) is 10.2. The summed E-state index contributed by atoms with van der Waals surface area (Å²) in [6.45, 7) is 7.90. The predicted octanol–water partition coefficient (Wildman–Crippen LogP) is 3.35. The molecule has 0 radical (unpaired) electrons. The number of ether oxygens (including phenoxy) is 1. The van der Waals surface area contributed by atoms with Gasteiger partial charge in [-0.2, -0.15) is 0 Å². The average Bonchev–Trinajstić information content (AvgIpc) is 3.16. The van der Waals surface area contributed by atoms with Crippen LogP contribution < -0.4 is 5.32 Å². The smallest absolute Gasteiger partial charge is 0.325 e. The fourth-order valence-electron chi connectivity index (χ4n) is 4.41. The number of benzene rings is 1. The lowest BCUT2D eigenvalue weighted by Gasteiger charge is -2.25. The molecule has 3 rings (SSSR count). The molecule has 0 aliphatic carbocycles. The van der Waals surface area contributed by atoms with Gasteiger partial charge in [-0.1, -0.05) is 37.3 Å². The number of aromatic nitrogens is 1. The van der Waals surface area contributed by atoms with Gasteiger partial charge in [0.1, 0.15) is 5.54 Å². The number of hydrogen-bond acceptors (Lipinski definition) is 4. The molecule has 3 amide bonds. The molecule has 0 saturated carbocycles. The SMILES string of the molecule is CC[C@@]1(c2ccccc2)NC(=O)N(CC(=O)c2cc(C)n([C@H](C)COC)c2C)C1=O. The lowest BCUT2D eigenvalue weighted by molar-refractivity contribution is -0.131. The highest BCUT2D eigenvalue weighted by molar-refractivity contribution is 6.11. The molecular weight excluding hydrogens is 382 g/mol. The highest BCUT2D eigenvalue weighted by Gasteiger charge is 2.51. The molecule has 0 bridgehead atoms. The number of aryl methyl sites for hydroxylation is 1. The van der Waals surface area contributed by atoms with E-state index in [1.807, 2.05) is 68.7 Å². The quantitative estimate of drug-likeness (QED) is 0.534. The van der Waals surface area contributed by atoms with E-state index in [1.54, 1.807) is 7.11 Å². The summed E-state index contributed by atoms with van der Waals surface area (Å²) < 4.78 is 7.28. The van der Waals surface area contributed by atoms with Gasteiger partial charge in [0.15, 0.2) is 5.78 Å². The van der Waals surface area contributed by atoms with Crippen molar-refractivity contribution in [3.63, 3.8) is 0 Å². The number of nitrogens with zero attached hydrogens (tertiary/aromatic N) is 2. The minimum Gasteiger partial charge on any atom is -0.383 e. The van der Waals surface area contributed by atoms with Gasteiger partial charge in [0.2, 0.25) is 0 Å². The number of urea groups is 1. The second kappa shape index (κ2) is 8.44. The largest absolute Gasteiger partial charge is 0.383 e. The van der Waals surface area contributed by atoms with E-state index in [4.69, 9.17) is 4.74 Å². The minimum atomic E-state index is -1.14. The van der Waals surface area contributed by atoms with Crippen molar-refractivity contribution < 1.29 is 19.1 Å². The third-order valence-corrected chi connectivity index (χ3v) is 5.91. The van der Waals surface area contributed by atoms with Crippen LogP contribution in [0.1, 0.15) is 53.6 Å². The third-order valence-electron chi connectivity index (χ3n) is 5.91. The fourth-order valence-corrected chi connectivity index (χ4v) is 4.41. The molecule has 30 heavy (non-hydrogen) atoms. The molecule has 1 aliphatic rings. The van der Waals surface area contributed by atoms with Crippen molar-refractivity contribution in [3.8, 4) is 0 Å². The summed E-state index contributed by atoms with van der Waals surface area (Å²) in [5.41, 5.74) is 1.84. The molecule has 1 saturated heterocycles. The summed E-state index contributed by atoms with van der Waals surface area (Å²) in [5.74, 6) is -0.654. The molecule has 1 aromatic carbocycles. The Balaban J connectivity index is 1.87. The Kier molecular flexibility index (Phi) is 6.12. The van der Waals surface area contributed by atoms with E-state index in [0.717, 1.165) is 16.3 Å². The topological polar surface area (TPSA) is 80.6 Å². The molecule has 1 fully saturated rings. The maximum Gasteiger partial charge on any atom is 0.325 e. The van der Waals surface area contributed by atoms with E-state index in [9.17, 15) is 14.4 Å². The highest BCUT2D eigenvalue weighted by Crippen LogP contribution is 2.32. The molecule has 1 aromatic heterocycles. The molecule has 2 atom stereocenters. The number of ketones is 1.